The fraction of sp³-hybridized carbons (Fsp3) is 0.818. The fourth-order valence-corrected chi connectivity index (χ4v) is 1.28. The van der Waals surface area contributed by atoms with Crippen molar-refractivity contribution >= 4 is 12.2 Å². The highest BCUT2D eigenvalue weighted by molar-refractivity contribution is 5.84. The Morgan fingerprint density at radius 1 is 1.47 bits per heavy atom. The number of aldehydes is 1. The van der Waals surface area contributed by atoms with E-state index in [0.29, 0.717) is 6.42 Å². The number of carbonyl (C=O) groups is 2. The topological polar surface area (TPSA) is 72.2 Å². The molecular weight excluding hydrogens is 192 g/mol. The molecule has 0 bridgehead atoms. The van der Waals surface area contributed by atoms with Gasteiger partial charge in [0.1, 0.15) is 6.29 Å². The van der Waals surface area contributed by atoms with Gasteiger partial charge in [0.05, 0.1) is 12.1 Å². The minimum atomic E-state index is -0.519. The van der Waals surface area contributed by atoms with Gasteiger partial charge in [0, 0.05) is 0 Å². The third kappa shape index (κ3) is 4.93. The highest BCUT2D eigenvalue weighted by Gasteiger charge is 2.21. The van der Waals surface area contributed by atoms with Gasteiger partial charge in [0.15, 0.2) is 0 Å². The lowest BCUT2D eigenvalue weighted by atomic mass is 9.99. The van der Waals surface area contributed by atoms with Crippen LogP contribution in [0.1, 0.15) is 40.0 Å². The zero-order valence-corrected chi connectivity index (χ0v) is 9.82. The second-order valence-corrected chi connectivity index (χ2v) is 3.95. The minimum absolute atomic E-state index is 0.138. The van der Waals surface area contributed by atoms with Crippen molar-refractivity contribution in [3.8, 4) is 0 Å². The Kier molecular flexibility index (Phi) is 6.96. The standard InChI is InChI=1S/C11H22N2O2/c1-4-6-9(7-14)13-11(15)10(12)8(3)5-2/h7-10H,4-6,12H2,1-3H3,(H,13,15). The molecule has 0 saturated heterocycles. The monoisotopic (exact) mass is 214 g/mol. The number of hydrogen-bond donors (Lipinski definition) is 2. The van der Waals surface area contributed by atoms with Gasteiger partial charge in [-0.25, -0.2) is 0 Å². The summed E-state index contributed by atoms with van der Waals surface area (Å²) in [5.41, 5.74) is 5.74. The summed E-state index contributed by atoms with van der Waals surface area (Å²) in [6, 6.07) is -0.910. The van der Waals surface area contributed by atoms with E-state index in [9.17, 15) is 9.59 Å². The lowest BCUT2D eigenvalue weighted by Gasteiger charge is -2.20. The molecule has 88 valence electrons. The van der Waals surface area contributed by atoms with Gasteiger partial charge < -0.3 is 15.8 Å². The molecule has 15 heavy (non-hydrogen) atoms. The summed E-state index contributed by atoms with van der Waals surface area (Å²) in [4.78, 5) is 22.2. The average molecular weight is 214 g/mol. The number of amides is 1. The minimum Gasteiger partial charge on any atom is -0.345 e. The number of nitrogens with one attached hydrogen (secondary N) is 1. The summed E-state index contributed by atoms with van der Waals surface area (Å²) in [6.07, 6.45) is 3.16. The Morgan fingerprint density at radius 3 is 2.47 bits per heavy atom. The van der Waals surface area contributed by atoms with E-state index in [4.69, 9.17) is 5.73 Å². The highest BCUT2D eigenvalue weighted by atomic mass is 16.2. The lowest BCUT2D eigenvalue weighted by molar-refractivity contribution is -0.126. The smallest absolute Gasteiger partial charge is 0.237 e. The van der Waals surface area contributed by atoms with Gasteiger partial charge in [-0.1, -0.05) is 33.6 Å². The summed E-state index contributed by atoms with van der Waals surface area (Å²) < 4.78 is 0. The first kappa shape index (κ1) is 14.1. The molecule has 0 radical (unpaired) electrons. The number of rotatable bonds is 7. The SMILES string of the molecule is CCCC(C=O)NC(=O)C(N)C(C)CC. The van der Waals surface area contributed by atoms with Crippen LogP contribution in [0.25, 0.3) is 0 Å². The number of carbonyl (C=O) groups excluding carboxylic acids is 2. The Labute approximate surface area is 91.6 Å². The molecule has 0 saturated carbocycles. The van der Waals surface area contributed by atoms with Crippen LogP contribution >= 0.6 is 0 Å². The van der Waals surface area contributed by atoms with Gasteiger partial charge >= 0.3 is 0 Å². The second kappa shape index (κ2) is 7.40. The van der Waals surface area contributed by atoms with Crippen molar-refractivity contribution in [3.63, 3.8) is 0 Å². The fourth-order valence-electron chi connectivity index (χ4n) is 1.28. The maximum Gasteiger partial charge on any atom is 0.237 e. The van der Waals surface area contributed by atoms with Gasteiger partial charge in [-0.2, -0.15) is 0 Å². The molecule has 0 spiro atoms. The van der Waals surface area contributed by atoms with Crippen molar-refractivity contribution in [1.29, 1.82) is 0 Å². The molecule has 0 aliphatic carbocycles. The van der Waals surface area contributed by atoms with Crippen LogP contribution in [0.5, 0.6) is 0 Å². The van der Waals surface area contributed by atoms with E-state index in [1.165, 1.54) is 0 Å². The molecule has 3 unspecified atom stereocenters. The van der Waals surface area contributed by atoms with Crippen molar-refractivity contribution in [2.75, 3.05) is 0 Å². The zero-order valence-electron chi connectivity index (χ0n) is 9.82. The van der Waals surface area contributed by atoms with Crippen LogP contribution in [0.4, 0.5) is 0 Å². The first-order valence-corrected chi connectivity index (χ1v) is 5.58. The van der Waals surface area contributed by atoms with E-state index in [-0.39, 0.29) is 11.8 Å². The third-order valence-corrected chi connectivity index (χ3v) is 2.65. The molecule has 3 N–H and O–H groups in total. The molecular formula is C11H22N2O2. The van der Waals surface area contributed by atoms with Gasteiger partial charge in [0.2, 0.25) is 5.91 Å². The highest BCUT2D eigenvalue weighted by Crippen LogP contribution is 2.05. The Morgan fingerprint density at radius 2 is 2.07 bits per heavy atom. The molecule has 4 nitrogen and oxygen atoms in total. The second-order valence-electron chi connectivity index (χ2n) is 3.95. The molecule has 4 heteroatoms. The van der Waals surface area contributed by atoms with Gasteiger partial charge in [0.25, 0.3) is 0 Å². The van der Waals surface area contributed by atoms with Crippen LogP contribution in [0.3, 0.4) is 0 Å². The van der Waals surface area contributed by atoms with Crippen LogP contribution in [0, 0.1) is 5.92 Å². The maximum atomic E-state index is 11.6. The molecule has 1 amide bonds. The van der Waals surface area contributed by atoms with Crippen molar-refractivity contribution in [2.45, 2.75) is 52.1 Å². The molecule has 3 atom stereocenters. The zero-order chi connectivity index (χ0) is 11.8. The molecule has 0 aromatic heterocycles. The Bertz CT molecular complexity index is 207. The average Bonchev–Trinajstić information content (AvgIpc) is 2.26. The first-order chi connectivity index (χ1) is 7.06. The van der Waals surface area contributed by atoms with Crippen LogP contribution in [0.15, 0.2) is 0 Å². The maximum absolute atomic E-state index is 11.6. The summed E-state index contributed by atoms with van der Waals surface area (Å²) in [6.45, 7) is 5.89. The van der Waals surface area contributed by atoms with E-state index in [1.54, 1.807) is 0 Å². The normalized spacial score (nSPS) is 16.5. The summed E-state index contributed by atoms with van der Waals surface area (Å²) in [5, 5.41) is 2.65. The molecule has 0 rings (SSSR count). The van der Waals surface area contributed by atoms with Crippen molar-refractivity contribution in [1.82, 2.24) is 5.32 Å². The van der Waals surface area contributed by atoms with Crippen LogP contribution in [0.2, 0.25) is 0 Å². The van der Waals surface area contributed by atoms with E-state index < -0.39 is 12.1 Å². The molecule has 0 fully saturated rings. The van der Waals surface area contributed by atoms with E-state index in [1.807, 2.05) is 20.8 Å². The van der Waals surface area contributed by atoms with Gasteiger partial charge in [-0.15, -0.1) is 0 Å². The van der Waals surface area contributed by atoms with Crippen molar-refractivity contribution in [3.05, 3.63) is 0 Å². The summed E-state index contributed by atoms with van der Waals surface area (Å²) >= 11 is 0. The van der Waals surface area contributed by atoms with Crippen molar-refractivity contribution < 1.29 is 9.59 Å². The number of hydrogen-bond acceptors (Lipinski definition) is 3. The Hall–Kier alpha value is -0.900. The van der Waals surface area contributed by atoms with Crippen LogP contribution in [-0.4, -0.2) is 24.3 Å². The van der Waals surface area contributed by atoms with E-state index in [2.05, 4.69) is 5.32 Å². The third-order valence-electron chi connectivity index (χ3n) is 2.65. The Balaban J connectivity index is 4.15. The predicted molar refractivity (Wildman–Crippen MR) is 60.3 cm³/mol. The van der Waals surface area contributed by atoms with Gasteiger partial charge in [-0.3, -0.25) is 4.79 Å². The number of nitrogens with two attached hydrogens (primary N) is 1. The quantitative estimate of drug-likeness (QED) is 0.617. The summed E-state index contributed by atoms with van der Waals surface area (Å²) in [7, 11) is 0. The van der Waals surface area contributed by atoms with E-state index in [0.717, 1.165) is 19.1 Å². The van der Waals surface area contributed by atoms with Gasteiger partial charge in [-0.05, 0) is 12.3 Å². The molecule has 0 aliphatic rings. The molecule has 0 heterocycles. The molecule has 0 aliphatic heterocycles. The molecule has 0 aromatic rings. The van der Waals surface area contributed by atoms with Crippen molar-refractivity contribution in [2.24, 2.45) is 11.7 Å². The molecule has 0 aromatic carbocycles. The first-order valence-electron chi connectivity index (χ1n) is 5.58. The largest absolute Gasteiger partial charge is 0.345 e. The lowest BCUT2D eigenvalue weighted by Crippen LogP contribution is -2.48. The van der Waals surface area contributed by atoms with E-state index >= 15 is 0 Å². The predicted octanol–water partition coefficient (Wildman–Crippen LogP) is 0.844. The summed E-state index contributed by atoms with van der Waals surface area (Å²) in [5.74, 6) is -0.0890. The van der Waals surface area contributed by atoms with Crippen LogP contribution in [-0.2, 0) is 9.59 Å². The van der Waals surface area contributed by atoms with Crippen LogP contribution < -0.4 is 11.1 Å².